The van der Waals surface area contributed by atoms with Gasteiger partial charge in [0.25, 0.3) is 0 Å². The fraction of sp³-hybridized carbons (Fsp3) is 0.357. The average molecular weight is 471 g/mol. The average Bonchev–Trinajstić information content (AvgIpc) is 3.35. The Morgan fingerprint density at radius 2 is 1.71 bits per heavy atom. The number of aromatic nitrogens is 2. The molecule has 1 aliphatic carbocycles. The molecule has 3 atom stereocenters. The topological polar surface area (TPSA) is 114 Å². The number of nitriles is 1. The molecule has 3 aromatic rings. The SMILES string of the molecule is C[C@H](O)c1nccn1[C@@H](C#Cc1ccc(-c2ccc(C3CC(NC(C#N)CO)C3)cc2)cc1)CO. The first kappa shape index (κ1) is 24.7. The van der Waals surface area contributed by atoms with E-state index in [9.17, 15) is 10.2 Å². The van der Waals surface area contributed by atoms with Crippen LogP contribution < -0.4 is 5.32 Å². The third-order valence-electron chi connectivity index (χ3n) is 6.48. The molecule has 7 heteroatoms. The maximum Gasteiger partial charge on any atom is 0.138 e. The highest BCUT2D eigenvalue weighted by Crippen LogP contribution is 2.37. The van der Waals surface area contributed by atoms with Gasteiger partial charge in [-0.05, 0) is 54.5 Å². The van der Waals surface area contributed by atoms with Gasteiger partial charge in [0.05, 0.1) is 19.3 Å². The minimum atomic E-state index is -0.740. The van der Waals surface area contributed by atoms with Gasteiger partial charge in [-0.25, -0.2) is 4.98 Å². The lowest BCUT2D eigenvalue weighted by Gasteiger charge is -2.37. The fourth-order valence-electron chi connectivity index (χ4n) is 4.42. The third-order valence-corrected chi connectivity index (χ3v) is 6.48. The largest absolute Gasteiger partial charge is 0.394 e. The summed E-state index contributed by atoms with van der Waals surface area (Å²) in [5, 5.41) is 40.9. The van der Waals surface area contributed by atoms with Crippen molar-refractivity contribution in [1.29, 1.82) is 5.26 Å². The Kier molecular flexibility index (Phi) is 7.97. The molecule has 35 heavy (non-hydrogen) atoms. The van der Waals surface area contributed by atoms with Crippen molar-refractivity contribution < 1.29 is 15.3 Å². The molecule has 4 N–H and O–H groups in total. The molecule has 0 spiro atoms. The van der Waals surface area contributed by atoms with Gasteiger partial charge in [-0.15, -0.1) is 0 Å². The lowest BCUT2D eigenvalue weighted by molar-refractivity contribution is 0.176. The van der Waals surface area contributed by atoms with E-state index in [1.807, 2.05) is 24.3 Å². The molecule has 1 aliphatic rings. The lowest BCUT2D eigenvalue weighted by atomic mass is 9.75. The summed E-state index contributed by atoms with van der Waals surface area (Å²) in [5.41, 5.74) is 4.35. The molecule has 2 aromatic carbocycles. The summed E-state index contributed by atoms with van der Waals surface area (Å²) >= 11 is 0. The van der Waals surface area contributed by atoms with Crippen LogP contribution in [0.3, 0.4) is 0 Å². The molecule has 0 saturated heterocycles. The number of nitrogens with one attached hydrogen (secondary N) is 1. The van der Waals surface area contributed by atoms with Gasteiger partial charge in [-0.3, -0.25) is 5.32 Å². The van der Waals surface area contributed by atoms with Crippen molar-refractivity contribution in [1.82, 2.24) is 14.9 Å². The molecular formula is C28H30N4O3. The third kappa shape index (κ3) is 5.79. The lowest BCUT2D eigenvalue weighted by Crippen LogP contribution is -2.46. The van der Waals surface area contributed by atoms with Crippen molar-refractivity contribution in [3.63, 3.8) is 0 Å². The van der Waals surface area contributed by atoms with Gasteiger partial charge < -0.3 is 19.9 Å². The molecule has 7 nitrogen and oxygen atoms in total. The first-order valence-corrected chi connectivity index (χ1v) is 11.8. The maximum atomic E-state index is 9.85. The van der Waals surface area contributed by atoms with E-state index in [4.69, 9.17) is 10.4 Å². The highest BCUT2D eigenvalue weighted by Gasteiger charge is 2.31. The minimum Gasteiger partial charge on any atom is -0.394 e. The van der Waals surface area contributed by atoms with Crippen LogP contribution in [-0.4, -0.2) is 50.2 Å². The number of hydrogen-bond acceptors (Lipinski definition) is 6. The molecule has 1 aromatic heterocycles. The maximum absolute atomic E-state index is 9.85. The van der Waals surface area contributed by atoms with Gasteiger partial charge in [-0.1, -0.05) is 48.2 Å². The van der Waals surface area contributed by atoms with E-state index in [1.54, 1.807) is 23.9 Å². The Morgan fingerprint density at radius 3 is 2.29 bits per heavy atom. The molecule has 0 amide bonds. The van der Waals surface area contributed by atoms with Crippen LogP contribution in [0.25, 0.3) is 11.1 Å². The predicted molar refractivity (Wildman–Crippen MR) is 133 cm³/mol. The summed E-state index contributed by atoms with van der Waals surface area (Å²) < 4.78 is 1.70. The molecule has 1 fully saturated rings. The quantitative estimate of drug-likeness (QED) is 0.377. The second kappa shape index (κ2) is 11.3. The molecule has 0 radical (unpaired) electrons. The van der Waals surface area contributed by atoms with Crippen LogP contribution in [0.4, 0.5) is 0 Å². The summed E-state index contributed by atoms with van der Waals surface area (Å²) in [6.45, 7) is 1.30. The minimum absolute atomic E-state index is 0.159. The van der Waals surface area contributed by atoms with E-state index in [0.717, 1.165) is 29.5 Å². The first-order chi connectivity index (χ1) is 17.0. The summed E-state index contributed by atoms with van der Waals surface area (Å²) in [6.07, 6.45) is 4.50. The second-order valence-corrected chi connectivity index (χ2v) is 8.93. The van der Waals surface area contributed by atoms with Crippen LogP contribution >= 0.6 is 0 Å². The summed E-state index contributed by atoms with van der Waals surface area (Å²) in [7, 11) is 0. The molecule has 180 valence electrons. The van der Waals surface area contributed by atoms with Gasteiger partial charge in [0.15, 0.2) is 0 Å². The molecule has 0 aliphatic heterocycles. The van der Waals surface area contributed by atoms with E-state index in [1.165, 1.54) is 5.56 Å². The summed E-state index contributed by atoms with van der Waals surface area (Å²) in [5.74, 6) is 7.13. The Hall–Kier alpha value is -3.46. The molecular weight excluding hydrogens is 440 g/mol. The van der Waals surface area contributed by atoms with Crippen molar-refractivity contribution in [2.24, 2.45) is 0 Å². The molecule has 1 saturated carbocycles. The molecule has 1 heterocycles. The highest BCUT2D eigenvalue weighted by atomic mass is 16.3. The Labute approximate surface area is 205 Å². The zero-order chi connectivity index (χ0) is 24.8. The number of rotatable bonds is 8. The van der Waals surface area contributed by atoms with Gasteiger partial charge in [0.1, 0.15) is 24.0 Å². The number of benzene rings is 2. The van der Waals surface area contributed by atoms with Crippen LogP contribution in [0, 0.1) is 23.2 Å². The van der Waals surface area contributed by atoms with Crippen molar-refractivity contribution in [2.45, 2.75) is 49.9 Å². The number of nitrogens with zero attached hydrogens (tertiary/aromatic N) is 3. The summed E-state index contributed by atoms with van der Waals surface area (Å²) in [4.78, 5) is 4.14. The van der Waals surface area contributed by atoms with Gasteiger partial charge >= 0.3 is 0 Å². The van der Waals surface area contributed by atoms with Gasteiger partial charge in [0.2, 0.25) is 0 Å². The Balaban J connectivity index is 1.37. The Morgan fingerprint density at radius 1 is 1.06 bits per heavy atom. The van der Waals surface area contributed by atoms with E-state index < -0.39 is 18.2 Å². The number of aliphatic hydroxyl groups excluding tert-OH is 3. The van der Waals surface area contributed by atoms with Crippen LogP contribution in [-0.2, 0) is 0 Å². The van der Waals surface area contributed by atoms with Crippen LogP contribution in [0.15, 0.2) is 60.9 Å². The first-order valence-electron chi connectivity index (χ1n) is 11.8. The van der Waals surface area contributed by atoms with Crippen molar-refractivity contribution >= 4 is 0 Å². The predicted octanol–water partition coefficient (Wildman–Crippen LogP) is 2.91. The smallest absolute Gasteiger partial charge is 0.138 e. The normalized spacial score (nSPS) is 19.5. The number of aliphatic hydroxyl groups is 3. The van der Waals surface area contributed by atoms with Gasteiger partial charge in [-0.2, -0.15) is 5.26 Å². The molecule has 1 unspecified atom stereocenters. The fourth-order valence-corrected chi connectivity index (χ4v) is 4.42. The number of hydrogen-bond donors (Lipinski definition) is 4. The Bertz CT molecular complexity index is 1210. The van der Waals surface area contributed by atoms with Crippen LogP contribution in [0.2, 0.25) is 0 Å². The van der Waals surface area contributed by atoms with Crippen LogP contribution in [0.5, 0.6) is 0 Å². The van der Waals surface area contributed by atoms with Crippen molar-refractivity contribution in [2.75, 3.05) is 13.2 Å². The zero-order valence-electron chi connectivity index (χ0n) is 19.7. The second-order valence-electron chi connectivity index (χ2n) is 8.93. The van der Waals surface area contributed by atoms with E-state index in [2.05, 4.69) is 52.5 Å². The van der Waals surface area contributed by atoms with E-state index >= 15 is 0 Å². The summed E-state index contributed by atoms with van der Waals surface area (Å²) in [6, 6.07) is 17.9. The standard InChI is InChI=1S/C28H30N4O3/c1-19(35)28-30-12-13-32(28)27(18-34)11-4-20-2-5-21(6-3-20)22-7-9-23(10-8-22)24-14-25(15-24)31-26(16-29)17-33/h2-3,5-10,12-13,19,24-27,31,33-35H,14-15,17-18H2,1H3/t19-,24?,25?,26?,27-/m0/s1. The van der Waals surface area contributed by atoms with Crippen molar-refractivity contribution in [3.8, 4) is 29.0 Å². The monoisotopic (exact) mass is 470 g/mol. The molecule has 4 rings (SSSR count). The van der Waals surface area contributed by atoms with E-state index in [-0.39, 0.29) is 19.3 Å². The highest BCUT2D eigenvalue weighted by molar-refractivity contribution is 5.64. The number of imidazole rings is 1. The van der Waals surface area contributed by atoms with Crippen LogP contribution in [0.1, 0.15) is 54.8 Å². The zero-order valence-corrected chi connectivity index (χ0v) is 19.7. The van der Waals surface area contributed by atoms with Gasteiger partial charge in [0, 0.05) is 24.0 Å². The van der Waals surface area contributed by atoms with E-state index in [0.29, 0.717) is 11.7 Å². The molecule has 0 bridgehead atoms. The van der Waals surface area contributed by atoms with Crippen molar-refractivity contribution in [3.05, 3.63) is 77.9 Å².